The molecule has 2 aromatic rings. The van der Waals surface area contributed by atoms with Gasteiger partial charge in [0.05, 0.1) is 0 Å². The first-order valence-corrected chi connectivity index (χ1v) is 14.9. The molecule has 0 aliphatic heterocycles. The summed E-state index contributed by atoms with van der Waals surface area (Å²) in [4.78, 5) is 21.6. The molecule has 0 saturated carbocycles. The topological polar surface area (TPSA) is 89.5 Å². The van der Waals surface area contributed by atoms with E-state index in [1.165, 1.54) is 4.74 Å². The lowest BCUT2D eigenvalue weighted by Gasteiger charge is -2.41. The van der Waals surface area contributed by atoms with Gasteiger partial charge in [-0.1, -0.05) is 0 Å². The minimum atomic E-state index is -9.10. The fourth-order valence-electron chi connectivity index (χ4n) is 3.83. The highest BCUT2D eigenvalue weighted by Gasteiger charge is 2.90. The van der Waals surface area contributed by atoms with E-state index in [4.69, 9.17) is 0 Å². The third kappa shape index (κ3) is 10.2. The lowest BCUT2D eigenvalue weighted by Crippen LogP contribution is -2.70. The van der Waals surface area contributed by atoms with Crippen LogP contribution in [0.2, 0.25) is 0 Å². The average molecular weight is 984 g/mol. The molecule has 0 unspecified atom stereocenters. The number of alkyl halides is 26. The molecule has 0 heterocycles. The van der Waals surface area contributed by atoms with Crippen molar-refractivity contribution in [1.82, 2.24) is 0 Å². The number of benzene rings is 2. The smallest absolute Gasteiger partial charge is 0.427 e. The molecule has 2 rings (SSSR count). The number of rotatable bonds is 20. The van der Waals surface area contributed by atoms with Crippen LogP contribution >= 0.6 is 0 Å². The Bertz CT molecular complexity index is 1950. The summed E-state index contributed by atoms with van der Waals surface area (Å²) in [6.45, 7) is 1.35. The fourth-order valence-corrected chi connectivity index (χ4v) is 3.83. The zero-order chi connectivity index (χ0) is 49.9. The molecule has 0 bridgehead atoms. The predicted molar refractivity (Wildman–Crippen MR) is 142 cm³/mol. The van der Waals surface area contributed by atoms with Gasteiger partial charge >= 0.3 is 90.4 Å². The van der Waals surface area contributed by atoms with Gasteiger partial charge in [-0.2, -0.15) is 114 Å². The summed E-state index contributed by atoms with van der Waals surface area (Å²) in [5.41, 5.74) is -4.60. The van der Waals surface area contributed by atoms with Gasteiger partial charge in [0.1, 0.15) is 11.5 Å². The second kappa shape index (κ2) is 16.4. The van der Waals surface area contributed by atoms with Crippen LogP contribution in [-0.4, -0.2) is 78.6 Å². The Kier molecular flexibility index (Phi) is 14.2. The fraction of sp³-hybridized carbons (Fsp3) is 0.517. The van der Waals surface area contributed by atoms with Crippen molar-refractivity contribution in [2.24, 2.45) is 0 Å². The van der Waals surface area contributed by atoms with Crippen LogP contribution in [-0.2, 0) is 40.4 Å². The van der Waals surface area contributed by atoms with E-state index in [1.807, 2.05) is 0 Å². The Morgan fingerprint density at radius 3 is 0.762 bits per heavy atom. The molecular formula is C29H14F26O8. The SMILES string of the molecule is CC(=O)Oc1ccc(C(F)(F)C(F)(F)OC(F)(F)C(F)(F)OC(F)(F)C(F)(F)OC(F)(F)C(F)(F)C(F)(F)C(F)(F)C(F)(F)OC(F)(F)C(F)(F)c2ccc(OC(C)=O)cc2)cc1. The summed E-state index contributed by atoms with van der Waals surface area (Å²) < 4.78 is 379. The lowest BCUT2D eigenvalue weighted by molar-refractivity contribution is -0.575. The van der Waals surface area contributed by atoms with E-state index >= 15 is 0 Å². The molecule has 0 fully saturated rings. The Balaban J connectivity index is 2.42. The number of halogens is 26. The summed E-state index contributed by atoms with van der Waals surface area (Å²) >= 11 is 0. The van der Waals surface area contributed by atoms with E-state index < -0.39 is 113 Å². The van der Waals surface area contributed by atoms with Crippen molar-refractivity contribution < 1.29 is 152 Å². The van der Waals surface area contributed by atoms with Crippen molar-refractivity contribution in [2.75, 3.05) is 0 Å². The van der Waals surface area contributed by atoms with Gasteiger partial charge in [0.25, 0.3) is 0 Å². The van der Waals surface area contributed by atoms with Crippen molar-refractivity contribution >= 4 is 11.9 Å². The summed E-state index contributed by atoms with van der Waals surface area (Å²) in [5, 5.41) is 0. The zero-order valence-electron chi connectivity index (χ0n) is 29.2. The van der Waals surface area contributed by atoms with Crippen LogP contribution in [0.1, 0.15) is 25.0 Å². The van der Waals surface area contributed by atoms with Crippen molar-refractivity contribution in [3.63, 3.8) is 0 Å². The van der Waals surface area contributed by atoms with Gasteiger partial charge < -0.3 is 9.47 Å². The second-order valence-corrected chi connectivity index (χ2v) is 11.7. The molecular weight excluding hydrogens is 970 g/mol. The molecule has 8 nitrogen and oxygen atoms in total. The molecule has 0 radical (unpaired) electrons. The number of carbonyl (C=O) groups excluding carboxylic acids is 2. The summed E-state index contributed by atoms with van der Waals surface area (Å²) in [6, 6.07) is -0.324. The van der Waals surface area contributed by atoms with E-state index in [9.17, 15) is 124 Å². The lowest BCUT2D eigenvalue weighted by atomic mass is 10.0. The zero-order valence-corrected chi connectivity index (χ0v) is 29.2. The molecule has 0 N–H and O–H groups in total. The van der Waals surface area contributed by atoms with E-state index in [0.29, 0.717) is 13.8 Å². The number of hydrogen-bond donors (Lipinski definition) is 0. The van der Waals surface area contributed by atoms with Crippen LogP contribution in [0, 0.1) is 0 Å². The molecule has 0 amide bonds. The Morgan fingerprint density at radius 2 is 0.524 bits per heavy atom. The molecule has 0 saturated heterocycles. The highest BCUT2D eigenvalue weighted by molar-refractivity contribution is 5.69. The molecule has 360 valence electrons. The van der Waals surface area contributed by atoms with Crippen LogP contribution in [0.3, 0.4) is 0 Å². The van der Waals surface area contributed by atoms with E-state index in [0.717, 1.165) is 4.74 Å². The normalized spacial score (nSPS) is 15.0. The van der Waals surface area contributed by atoms with Crippen LogP contribution in [0.15, 0.2) is 48.5 Å². The first-order chi connectivity index (χ1) is 27.6. The Hall–Kier alpha value is -4.60. The first-order valence-electron chi connectivity index (χ1n) is 14.9. The molecule has 63 heavy (non-hydrogen) atoms. The van der Waals surface area contributed by atoms with E-state index in [-0.39, 0.29) is 48.5 Å². The van der Waals surface area contributed by atoms with Gasteiger partial charge in [-0.25, -0.2) is 18.9 Å². The molecule has 0 aliphatic carbocycles. The molecule has 0 aromatic heterocycles. The number of hydrogen-bond acceptors (Lipinski definition) is 8. The second-order valence-electron chi connectivity index (χ2n) is 11.7. The maximum atomic E-state index is 14.3. The van der Waals surface area contributed by atoms with E-state index in [2.05, 4.69) is 9.47 Å². The molecule has 0 atom stereocenters. The monoisotopic (exact) mass is 984 g/mol. The van der Waals surface area contributed by atoms with Gasteiger partial charge in [-0.05, 0) is 48.5 Å². The molecule has 0 spiro atoms. The Morgan fingerprint density at radius 1 is 0.317 bits per heavy atom. The van der Waals surface area contributed by atoms with Crippen molar-refractivity contribution in [3.8, 4) is 11.5 Å². The highest BCUT2D eigenvalue weighted by atomic mass is 19.4. The maximum Gasteiger partial charge on any atom is 0.453 e. The predicted octanol–water partition coefficient (Wildman–Crippen LogP) is 11.1. The first kappa shape index (κ1) is 54.5. The largest absolute Gasteiger partial charge is 0.453 e. The van der Waals surface area contributed by atoms with Crippen LogP contribution in [0.5, 0.6) is 11.5 Å². The minimum absolute atomic E-state index is 0.147. The van der Waals surface area contributed by atoms with Gasteiger partial charge in [0, 0.05) is 25.0 Å². The third-order valence-corrected chi connectivity index (χ3v) is 6.91. The Labute approximate surface area is 328 Å². The van der Waals surface area contributed by atoms with Crippen LogP contribution in [0.4, 0.5) is 114 Å². The minimum Gasteiger partial charge on any atom is -0.427 e. The summed E-state index contributed by atoms with van der Waals surface area (Å²) in [7, 11) is 0. The number of ether oxygens (including phenoxy) is 6. The van der Waals surface area contributed by atoms with Crippen LogP contribution in [0.25, 0.3) is 0 Å². The standard InChI is InChI=1S/C29H14F26O8/c1-11(56)58-15-7-3-13(4-8-15)17(30,31)22(40,41)60-24(44,45)20(36,37)19(34,35)21(38,39)25(46,47)62-27(50,51)29(54,55)63-28(52,53)26(48,49)61-23(42,43)18(32,33)14-5-9-16(10-6-14)59-12(2)57/h3-10H,1-2H3. The molecule has 2 aromatic carbocycles. The quantitative estimate of drug-likeness (QED) is 0.0736. The highest BCUT2D eigenvalue weighted by Crippen LogP contribution is 2.61. The summed E-state index contributed by atoms with van der Waals surface area (Å²) in [6.07, 6.45) is -64.4. The molecule has 34 heteroatoms. The number of esters is 2. The maximum absolute atomic E-state index is 14.3. The van der Waals surface area contributed by atoms with Gasteiger partial charge in [-0.3, -0.25) is 9.59 Å². The van der Waals surface area contributed by atoms with Crippen molar-refractivity contribution in [3.05, 3.63) is 59.7 Å². The van der Waals surface area contributed by atoms with E-state index in [1.54, 1.807) is 9.47 Å². The molecule has 0 aliphatic rings. The van der Waals surface area contributed by atoms with Gasteiger partial charge in [-0.15, -0.1) is 0 Å². The average Bonchev–Trinajstić information content (AvgIpc) is 3.05. The van der Waals surface area contributed by atoms with Gasteiger partial charge in [0.15, 0.2) is 0 Å². The van der Waals surface area contributed by atoms with Gasteiger partial charge in [0.2, 0.25) is 0 Å². The summed E-state index contributed by atoms with van der Waals surface area (Å²) in [5.74, 6) is -43.9. The number of carbonyl (C=O) groups is 2. The van der Waals surface area contributed by atoms with Crippen molar-refractivity contribution in [1.29, 1.82) is 0 Å². The third-order valence-electron chi connectivity index (χ3n) is 6.91. The van der Waals surface area contributed by atoms with Crippen LogP contribution < -0.4 is 9.47 Å². The van der Waals surface area contributed by atoms with Crippen molar-refractivity contribution in [2.45, 2.75) is 92.3 Å².